The molecular formula is C17H15ClO. The van der Waals surface area contributed by atoms with E-state index < -0.39 is 0 Å². The van der Waals surface area contributed by atoms with E-state index in [9.17, 15) is 4.79 Å². The fraction of sp³-hybridized carbons (Fsp3) is 0.235. The summed E-state index contributed by atoms with van der Waals surface area (Å²) in [5.41, 5.74) is 6.61. The van der Waals surface area contributed by atoms with Crippen LogP contribution in [0.25, 0.3) is 11.1 Å². The number of benzene rings is 2. The Morgan fingerprint density at radius 3 is 2.47 bits per heavy atom. The molecule has 0 heterocycles. The van der Waals surface area contributed by atoms with Gasteiger partial charge in [-0.15, -0.1) is 0 Å². The Labute approximate surface area is 118 Å². The van der Waals surface area contributed by atoms with Crippen molar-refractivity contribution in [3.63, 3.8) is 0 Å². The number of hydrogen-bond donors (Lipinski definition) is 0. The van der Waals surface area contributed by atoms with Crippen LogP contribution < -0.4 is 0 Å². The average Bonchev–Trinajstić information content (AvgIpc) is 2.75. The van der Waals surface area contributed by atoms with Crippen molar-refractivity contribution in [2.75, 3.05) is 0 Å². The third kappa shape index (κ3) is 2.08. The van der Waals surface area contributed by atoms with Gasteiger partial charge in [-0.05, 0) is 54.7 Å². The van der Waals surface area contributed by atoms with E-state index in [0.717, 1.165) is 33.7 Å². The molecule has 0 atom stereocenters. The van der Waals surface area contributed by atoms with Crippen molar-refractivity contribution in [1.82, 2.24) is 0 Å². The van der Waals surface area contributed by atoms with Crippen LogP contribution in [0, 0.1) is 13.8 Å². The molecule has 0 unspecified atom stereocenters. The smallest absolute Gasteiger partial charge is 0.163 e. The Morgan fingerprint density at radius 2 is 1.68 bits per heavy atom. The van der Waals surface area contributed by atoms with Crippen molar-refractivity contribution in [2.45, 2.75) is 26.7 Å². The number of carbonyl (C=O) groups excluding carboxylic acids is 1. The van der Waals surface area contributed by atoms with Gasteiger partial charge in [0.1, 0.15) is 0 Å². The lowest BCUT2D eigenvalue weighted by molar-refractivity contribution is 0.0994. The van der Waals surface area contributed by atoms with Gasteiger partial charge in [-0.2, -0.15) is 0 Å². The summed E-state index contributed by atoms with van der Waals surface area (Å²) in [6.45, 7) is 4.15. The molecule has 3 rings (SSSR count). The minimum Gasteiger partial charge on any atom is -0.294 e. The molecule has 1 aliphatic rings. The number of fused-ring (bicyclic) bond motifs is 1. The minimum atomic E-state index is 0.257. The van der Waals surface area contributed by atoms with Crippen molar-refractivity contribution in [3.8, 4) is 11.1 Å². The highest BCUT2D eigenvalue weighted by Crippen LogP contribution is 2.33. The molecule has 0 fully saturated rings. The molecular weight excluding hydrogens is 256 g/mol. The summed E-state index contributed by atoms with van der Waals surface area (Å²) in [6, 6.07) is 10.2. The van der Waals surface area contributed by atoms with Crippen LogP contribution in [0.1, 0.15) is 33.5 Å². The summed E-state index contributed by atoms with van der Waals surface area (Å²) in [6.07, 6.45) is 1.49. The number of rotatable bonds is 1. The molecule has 2 heteroatoms. The predicted octanol–water partition coefficient (Wildman–Crippen LogP) is 4.75. The summed E-state index contributed by atoms with van der Waals surface area (Å²) in [7, 11) is 0. The molecule has 0 spiro atoms. The summed E-state index contributed by atoms with van der Waals surface area (Å²) in [4.78, 5) is 11.7. The van der Waals surface area contributed by atoms with Gasteiger partial charge in [-0.1, -0.05) is 29.8 Å². The Hall–Kier alpha value is -1.60. The standard InChI is InChI=1S/C17H15ClO/c1-10-7-15(16(18)8-11(10)2)13-3-5-14-12(9-13)4-6-17(14)19/h3,5,7-9H,4,6H2,1-2H3. The van der Waals surface area contributed by atoms with Gasteiger partial charge in [0.2, 0.25) is 0 Å². The van der Waals surface area contributed by atoms with E-state index in [1.807, 2.05) is 18.2 Å². The van der Waals surface area contributed by atoms with Gasteiger partial charge in [-0.25, -0.2) is 0 Å². The van der Waals surface area contributed by atoms with E-state index in [-0.39, 0.29) is 5.78 Å². The number of ketones is 1. The second-order valence-corrected chi connectivity index (χ2v) is 5.62. The van der Waals surface area contributed by atoms with E-state index >= 15 is 0 Å². The predicted molar refractivity (Wildman–Crippen MR) is 79.0 cm³/mol. The first-order chi connectivity index (χ1) is 9.06. The number of carbonyl (C=O) groups is 1. The number of aryl methyl sites for hydroxylation is 3. The topological polar surface area (TPSA) is 17.1 Å². The zero-order chi connectivity index (χ0) is 13.6. The maximum absolute atomic E-state index is 11.7. The third-order valence-electron chi connectivity index (χ3n) is 3.92. The van der Waals surface area contributed by atoms with E-state index in [1.165, 1.54) is 11.1 Å². The van der Waals surface area contributed by atoms with Gasteiger partial charge in [0.25, 0.3) is 0 Å². The highest BCUT2D eigenvalue weighted by molar-refractivity contribution is 6.33. The molecule has 0 aliphatic heterocycles. The van der Waals surface area contributed by atoms with Gasteiger partial charge in [-0.3, -0.25) is 4.79 Å². The van der Waals surface area contributed by atoms with Gasteiger partial charge in [0.05, 0.1) is 0 Å². The largest absolute Gasteiger partial charge is 0.294 e. The molecule has 96 valence electrons. The molecule has 1 aliphatic carbocycles. The highest BCUT2D eigenvalue weighted by Gasteiger charge is 2.20. The summed E-state index contributed by atoms with van der Waals surface area (Å²) in [5.74, 6) is 0.257. The lowest BCUT2D eigenvalue weighted by Gasteiger charge is -2.10. The zero-order valence-corrected chi connectivity index (χ0v) is 11.8. The second-order valence-electron chi connectivity index (χ2n) is 5.21. The number of Topliss-reactive ketones (excluding diaryl/α,β-unsaturated/α-hetero) is 1. The van der Waals surface area contributed by atoms with Crippen LogP contribution in [0.4, 0.5) is 0 Å². The Morgan fingerprint density at radius 1 is 0.947 bits per heavy atom. The van der Waals surface area contributed by atoms with Crippen molar-refractivity contribution in [1.29, 1.82) is 0 Å². The minimum absolute atomic E-state index is 0.257. The maximum atomic E-state index is 11.7. The van der Waals surface area contributed by atoms with Crippen molar-refractivity contribution < 1.29 is 4.79 Å². The van der Waals surface area contributed by atoms with Gasteiger partial charge < -0.3 is 0 Å². The molecule has 0 saturated heterocycles. The molecule has 0 radical (unpaired) electrons. The van der Waals surface area contributed by atoms with Crippen LogP contribution in [-0.4, -0.2) is 5.78 Å². The van der Waals surface area contributed by atoms with E-state index in [1.54, 1.807) is 0 Å². The Bertz CT molecular complexity index is 686. The molecule has 0 saturated carbocycles. The number of hydrogen-bond acceptors (Lipinski definition) is 1. The average molecular weight is 271 g/mol. The second kappa shape index (κ2) is 4.50. The van der Waals surface area contributed by atoms with Crippen LogP contribution >= 0.6 is 11.6 Å². The molecule has 1 nitrogen and oxygen atoms in total. The fourth-order valence-corrected chi connectivity index (χ4v) is 2.95. The van der Waals surface area contributed by atoms with E-state index in [0.29, 0.717) is 6.42 Å². The molecule has 2 aromatic carbocycles. The Balaban J connectivity index is 2.13. The monoisotopic (exact) mass is 270 g/mol. The lowest BCUT2D eigenvalue weighted by Crippen LogP contribution is -1.92. The molecule has 19 heavy (non-hydrogen) atoms. The summed E-state index contributed by atoms with van der Waals surface area (Å²) < 4.78 is 0. The first-order valence-electron chi connectivity index (χ1n) is 6.49. The SMILES string of the molecule is Cc1cc(Cl)c(-c2ccc3c(c2)CCC3=O)cc1C. The van der Waals surface area contributed by atoms with E-state index in [2.05, 4.69) is 26.0 Å². The molecule has 2 aromatic rings. The van der Waals surface area contributed by atoms with Gasteiger partial charge in [0, 0.05) is 22.6 Å². The third-order valence-corrected chi connectivity index (χ3v) is 4.23. The van der Waals surface area contributed by atoms with Crippen LogP contribution in [0.2, 0.25) is 5.02 Å². The molecule has 0 amide bonds. The van der Waals surface area contributed by atoms with Crippen LogP contribution in [0.3, 0.4) is 0 Å². The van der Waals surface area contributed by atoms with Crippen molar-refractivity contribution in [3.05, 3.63) is 57.6 Å². The molecule has 0 N–H and O–H groups in total. The molecule has 0 bridgehead atoms. The van der Waals surface area contributed by atoms with Crippen LogP contribution in [0.15, 0.2) is 30.3 Å². The molecule has 0 aromatic heterocycles. The van der Waals surface area contributed by atoms with Crippen LogP contribution in [-0.2, 0) is 6.42 Å². The number of halogens is 1. The fourth-order valence-electron chi connectivity index (χ4n) is 2.63. The summed E-state index contributed by atoms with van der Waals surface area (Å²) in [5, 5.41) is 0.771. The Kier molecular flexibility index (Phi) is 2.94. The van der Waals surface area contributed by atoms with Crippen molar-refractivity contribution in [2.24, 2.45) is 0 Å². The van der Waals surface area contributed by atoms with Gasteiger partial charge in [0.15, 0.2) is 5.78 Å². The first kappa shape index (κ1) is 12.4. The van der Waals surface area contributed by atoms with Gasteiger partial charge >= 0.3 is 0 Å². The van der Waals surface area contributed by atoms with Crippen LogP contribution in [0.5, 0.6) is 0 Å². The lowest BCUT2D eigenvalue weighted by atomic mass is 9.97. The van der Waals surface area contributed by atoms with E-state index in [4.69, 9.17) is 11.6 Å². The normalized spacial score (nSPS) is 13.7. The first-order valence-corrected chi connectivity index (χ1v) is 6.87. The quantitative estimate of drug-likeness (QED) is 0.731. The summed E-state index contributed by atoms with van der Waals surface area (Å²) >= 11 is 6.35. The zero-order valence-electron chi connectivity index (χ0n) is 11.1. The van der Waals surface area contributed by atoms with Crippen molar-refractivity contribution >= 4 is 17.4 Å². The maximum Gasteiger partial charge on any atom is 0.163 e. The highest BCUT2D eigenvalue weighted by atomic mass is 35.5.